The molecule has 0 aliphatic carbocycles. The summed E-state index contributed by atoms with van der Waals surface area (Å²) in [6.07, 6.45) is 3.04. The predicted octanol–water partition coefficient (Wildman–Crippen LogP) is 5.21. The van der Waals surface area contributed by atoms with Gasteiger partial charge in [0, 0.05) is 23.7 Å². The molecule has 6 heteroatoms. The number of carbonyl (C=O) groups is 1. The number of likely N-dealkylation sites (tertiary alicyclic amines) is 1. The van der Waals surface area contributed by atoms with Crippen LogP contribution >= 0.6 is 11.6 Å². The minimum atomic E-state index is -0.145. The number of benzene rings is 1. The molecule has 1 fully saturated rings. The van der Waals surface area contributed by atoms with Crippen molar-refractivity contribution in [2.45, 2.75) is 34.1 Å². The van der Waals surface area contributed by atoms with Gasteiger partial charge < -0.3 is 9.42 Å². The van der Waals surface area contributed by atoms with Crippen LogP contribution in [0.25, 0.3) is 6.08 Å². The summed E-state index contributed by atoms with van der Waals surface area (Å²) < 4.78 is 5.17. The lowest BCUT2D eigenvalue weighted by molar-refractivity contribution is 0.197. The van der Waals surface area contributed by atoms with E-state index < -0.39 is 0 Å². The Bertz CT molecular complexity index is 836. The Hall–Kier alpha value is -2.27. The van der Waals surface area contributed by atoms with Crippen LogP contribution in [0.1, 0.15) is 35.7 Å². The van der Waals surface area contributed by atoms with E-state index in [1.54, 1.807) is 0 Å². The highest BCUT2D eigenvalue weighted by Gasteiger charge is 2.25. The lowest BCUT2D eigenvalue weighted by atomic mass is 9.91. The van der Waals surface area contributed by atoms with Gasteiger partial charge in [0.25, 0.3) is 0 Å². The van der Waals surface area contributed by atoms with Crippen LogP contribution in [0.4, 0.5) is 10.7 Å². The minimum absolute atomic E-state index is 0.145. The van der Waals surface area contributed by atoms with E-state index in [9.17, 15) is 4.79 Å². The van der Waals surface area contributed by atoms with E-state index in [2.05, 4.69) is 29.5 Å². The maximum Gasteiger partial charge on any atom is 0.324 e. The zero-order valence-electron chi connectivity index (χ0n) is 15.6. The van der Waals surface area contributed by atoms with Gasteiger partial charge in [0.1, 0.15) is 0 Å². The summed E-state index contributed by atoms with van der Waals surface area (Å²) in [5, 5.41) is 7.45. The third-order valence-electron chi connectivity index (χ3n) is 4.88. The highest BCUT2D eigenvalue weighted by atomic mass is 35.5. The number of nitrogens with zero attached hydrogens (tertiary/aromatic N) is 2. The molecule has 2 amide bonds. The van der Waals surface area contributed by atoms with Crippen molar-refractivity contribution >= 4 is 29.6 Å². The van der Waals surface area contributed by atoms with Gasteiger partial charge in [-0.15, -0.1) is 0 Å². The van der Waals surface area contributed by atoms with Crippen molar-refractivity contribution in [3.8, 4) is 0 Å². The van der Waals surface area contributed by atoms with Gasteiger partial charge in [-0.1, -0.05) is 41.4 Å². The van der Waals surface area contributed by atoms with Crippen molar-refractivity contribution in [3.63, 3.8) is 0 Å². The number of anilines is 1. The fraction of sp³-hybridized carbons (Fsp3) is 0.400. The molecule has 2 aromatic rings. The Morgan fingerprint density at radius 2 is 2.12 bits per heavy atom. The Morgan fingerprint density at radius 1 is 1.35 bits per heavy atom. The van der Waals surface area contributed by atoms with Crippen molar-refractivity contribution in [1.29, 1.82) is 0 Å². The average molecular weight is 374 g/mol. The molecule has 1 N–H and O–H groups in total. The molecule has 1 aliphatic heterocycles. The summed E-state index contributed by atoms with van der Waals surface area (Å²) in [6, 6.07) is 5.91. The lowest BCUT2D eigenvalue weighted by Crippen LogP contribution is -2.42. The Labute approximate surface area is 159 Å². The molecule has 1 atom stereocenters. The molecule has 1 unspecified atom stereocenters. The summed E-state index contributed by atoms with van der Waals surface area (Å²) in [5.41, 5.74) is 5.24. The van der Waals surface area contributed by atoms with Gasteiger partial charge >= 0.3 is 6.03 Å². The number of halogens is 1. The molecule has 138 valence electrons. The molecule has 1 aromatic carbocycles. The van der Waals surface area contributed by atoms with Gasteiger partial charge in [0.15, 0.2) is 0 Å². The maximum absolute atomic E-state index is 12.5. The smallest absolute Gasteiger partial charge is 0.324 e. The van der Waals surface area contributed by atoms with Gasteiger partial charge in [0.2, 0.25) is 5.88 Å². The molecule has 1 aromatic heterocycles. The van der Waals surface area contributed by atoms with E-state index in [1.807, 2.05) is 37.8 Å². The Morgan fingerprint density at radius 3 is 2.73 bits per heavy atom. The number of piperidine rings is 1. The normalized spacial score (nSPS) is 19.0. The van der Waals surface area contributed by atoms with Gasteiger partial charge in [-0.25, -0.2) is 4.79 Å². The topological polar surface area (TPSA) is 58.4 Å². The highest BCUT2D eigenvalue weighted by Crippen LogP contribution is 2.27. The molecule has 5 nitrogen and oxygen atoms in total. The van der Waals surface area contributed by atoms with Crippen molar-refractivity contribution in [3.05, 3.63) is 51.2 Å². The van der Waals surface area contributed by atoms with Crippen molar-refractivity contribution < 1.29 is 9.32 Å². The number of nitrogens with one attached hydrogen (secondary N) is 1. The second-order valence-electron chi connectivity index (χ2n) is 7.03. The van der Waals surface area contributed by atoms with Crippen molar-refractivity contribution in [1.82, 2.24) is 10.1 Å². The Balaban J connectivity index is 1.67. The van der Waals surface area contributed by atoms with E-state index in [0.29, 0.717) is 19.0 Å². The van der Waals surface area contributed by atoms with E-state index in [-0.39, 0.29) is 11.9 Å². The van der Waals surface area contributed by atoms with Crippen LogP contribution in [0.3, 0.4) is 0 Å². The van der Waals surface area contributed by atoms with Gasteiger partial charge in [-0.05, 0) is 56.4 Å². The third kappa shape index (κ3) is 4.10. The lowest BCUT2D eigenvalue weighted by Gasteiger charge is -2.33. The van der Waals surface area contributed by atoms with E-state index in [0.717, 1.165) is 33.8 Å². The van der Waals surface area contributed by atoms with Crippen molar-refractivity contribution in [2.75, 3.05) is 18.4 Å². The quantitative estimate of drug-likeness (QED) is 0.785. The maximum atomic E-state index is 12.5. The van der Waals surface area contributed by atoms with Crippen LogP contribution in [0, 0.1) is 26.7 Å². The SMILES string of the molecule is Cc1cc(Cl)cc(/C=C2\CCN(C(=O)Nc3onc(C)c3C)CC2C)c1. The van der Waals surface area contributed by atoms with Crippen molar-refractivity contribution in [2.24, 2.45) is 5.92 Å². The molecule has 1 saturated heterocycles. The number of hydrogen-bond acceptors (Lipinski definition) is 3. The fourth-order valence-corrected chi connectivity index (χ4v) is 3.52. The summed E-state index contributed by atoms with van der Waals surface area (Å²) >= 11 is 6.16. The van der Waals surface area contributed by atoms with E-state index >= 15 is 0 Å². The van der Waals surface area contributed by atoms with Crippen LogP contribution in [0.15, 0.2) is 28.3 Å². The number of hydrogen-bond donors (Lipinski definition) is 1. The monoisotopic (exact) mass is 373 g/mol. The summed E-state index contributed by atoms with van der Waals surface area (Å²) in [5.74, 6) is 0.710. The Kier molecular flexibility index (Phi) is 5.37. The first-order valence-corrected chi connectivity index (χ1v) is 9.17. The molecule has 26 heavy (non-hydrogen) atoms. The average Bonchev–Trinajstić information content (AvgIpc) is 2.88. The van der Waals surface area contributed by atoms with Gasteiger partial charge in [-0.2, -0.15) is 0 Å². The molecule has 3 rings (SSSR count). The van der Waals surface area contributed by atoms with Gasteiger partial charge in [-0.3, -0.25) is 5.32 Å². The number of aryl methyl sites for hydroxylation is 2. The second kappa shape index (κ2) is 7.54. The molecule has 0 spiro atoms. The molecule has 0 radical (unpaired) electrons. The van der Waals surface area contributed by atoms with Gasteiger partial charge in [0.05, 0.1) is 5.69 Å². The van der Waals surface area contributed by atoms with E-state index in [1.165, 1.54) is 5.57 Å². The molecule has 0 saturated carbocycles. The van der Waals surface area contributed by atoms with Crippen LogP contribution in [-0.2, 0) is 0 Å². The summed E-state index contributed by atoms with van der Waals surface area (Å²) in [4.78, 5) is 14.3. The highest BCUT2D eigenvalue weighted by molar-refractivity contribution is 6.30. The molecule has 1 aliphatic rings. The number of amides is 2. The molecular weight excluding hydrogens is 350 g/mol. The number of rotatable bonds is 2. The zero-order valence-corrected chi connectivity index (χ0v) is 16.4. The predicted molar refractivity (Wildman–Crippen MR) is 105 cm³/mol. The third-order valence-corrected chi connectivity index (χ3v) is 5.10. The zero-order chi connectivity index (χ0) is 18.8. The molecular formula is C20H24ClN3O2. The van der Waals surface area contributed by atoms with Crippen LogP contribution in [0.5, 0.6) is 0 Å². The first-order valence-electron chi connectivity index (χ1n) is 8.80. The molecule has 0 bridgehead atoms. The first-order chi connectivity index (χ1) is 12.3. The minimum Gasteiger partial charge on any atom is -0.338 e. The largest absolute Gasteiger partial charge is 0.338 e. The van der Waals surface area contributed by atoms with E-state index in [4.69, 9.17) is 16.1 Å². The van der Waals surface area contributed by atoms with Crippen LogP contribution in [-0.4, -0.2) is 29.2 Å². The first kappa shape index (κ1) is 18.5. The standard InChI is InChI=1S/C20H24ClN3O2/c1-12-7-16(10-18(21)8-12)9-17-5-6-24(11-13(17)2)20(25)22-19-14(3)15(4)23-26-19/h7-10,13H,5-6,11H2,1-4H3,(H,22,25)/b17-9+. The molecule has 2 heterocycles. The number of carbonyl (C=O) groups excluding carboxylic acids is 1. The fourth-order valence-electron chi connectivity index (χ4n) is 3.22. The number of aromatic nitrogens is 1. The van der Waals surface area contributed by atoms with Crippen LogP contribution < -0.4 is 5.32 Å². The second-order valence-corrected chi connectivity index (χ2v) is 7.47. The number of urea groups is 1. The van der Waals surface area contributed by atoms with Crippen LogP contribution in [0.2, 0.25) is 5.02 Å². The summed E-state index contributed by atoms with van der Waals surface area (Å²) in [6.45, 7) is 9.27. The summed E-state index contributed by atoms with van der Waals surface area (Å²) in [7, 11) is 0.